The topological polar surface area (TPSA) is 89.9 Å². The summed E-state index contributed by atoms with van der Waals surface area (Å²) in [6.45, 7) is 3.86. The number of oxime groups is 1. The summed E-state index contributed by atoms with van der Waals surface area (Å²) < 4.78 is 15.8. The van der Waals surface area contributed by atoms with Crippen molar-refractivity contribution in [3.8, 4) is 11.5 Å². The van der Waals surface area contributed by atoms with Gasteiger partial charge in [0.05, 0.1) is 26.5 Å². The first-order chi connectivity index (χ1) is 13.6. The van der Waals surface area contributed by atoms with E-state index in [-0.39, 0.29) is 12.0 Å². The number of piperazine rings is 1. The quantitative estimate of drug-likeness (QED) is 0.756. The molecule has 1 fully saturated rings. The molecule has 0 unspecified atom stereocenters. The van der Waals surface area contributed by atoms with Crippen LogP contribution in [0.4, 0.5) is 4.79 Å². The predicted molar refractivity (Wildman–Crippen MR) is 101 cm³/mol. The van der Waals surface area contributed by atoms with Gasteiger partial charge in [0.2, 0.25) is 6.10 Å². The highest BCUT2D eigenvalue weighted by Crippen LogP contribution is 2.33. The van der Waals surface area contributed by atoms with E-state index in [9.17, 15) is 9.59 Å². The number of para-hydroxylation sites is 1. The van der Waals surface area contributed by atoms with Gasteiger partial charge in [0.25, 0.3) is 5.91 Å². The molecule has 2 heterocycles. The van der Waals surface area contributed by atoms with Crippen LogP contribution in [0.2, 0.25) is 0 Å². The maximum absolute atomic E-state index is 12.8. The van der Waals surface area contributed by atoms with Gasteiger partial charge in [-0.2, -0.15) is 0 Å². The first-order valence-electron chi connectivity index (χ1n) is 9.23. The number of ether oxygens (including phenoxy) is 3. The minimum Gasteiger partial charge on any atom is -0.493 e. The minimum absolute atomic E-state index is 0.135. The van der Waals surface area contributed by atoms with Crippen molar-refractivity contribution in [2.45, 2.75) is 19.4 Å². The largest absolute Gasteiger partial charge is 0.493 e. The fraction of sp³-hybridized carbons (Fsp3) is 0.526. The lowest BCUT2D eigenvalue weighted by Gasteiger charge is -2.34. The van der Waals surface area contributed by atoms with Crippen LogP contribution in [0.5, 0.6) is 11.5 Å². The number of carbonyl (C=O) groups is 2. The van der Waals surface area contributed by atoms with Gasteiger partial charge in [-0.05, 0) is 19.1 Å². The molecule has 0 bridgehead atoms. The summed E-state index contributed by atoms with van der Waals surface area (Å²) in [6.07, 6.45) is -0.678. The molecule has 0 aliphatic carbocycles. The zero-order valence-corrected chi connectivity index (χ0v) is 16.3. The van der Waals surface area contributed by atoms with Gasteiger partial charge in [0.1, 0.15) is 0 Å². The van der Waals surface area contributed by atoms with E-state index in [1.165, 1.54) is 0 Å². The smallest absolute Gasteiger partial charge is 0.409 e. The highest BCUT2D eigenvalue weighted by atomic mass is 16.6. The third kappa shape index (κ3) is 3.97. The normalized spacial score (nSPS) is 19.0. The van der Waals surface area contributed by atoms with Crippen molar-refractivity contribution in [2.75, 3.05) is 47.0 Å². The Hall–Kier alpha value is -2.97. The number of amides is 2. The van der Waals surface area contributed by atoms with Gasteiger partial charge < -0.3 is 28.8 Å². The Morgan fingerprint density at radius 3 is 2.50 bits per heavy atom. The summed E-state index contributed by atoms with van der Waals surface area (Å²) in [5.74, 6) is 1.01. The summed E-state index contributed by atoms with van der Waals surface area (Å²) >= 11 is 0. The Morgan fingerprint density at radius 1 is 1.14 bits per heavy atom. The van der Waals surface area contributed by atoms with Crippen LogP contribution in [0.3, 0.4) is 0 Å². The Kier molecular flexibility index (Phi) is 6.23. The zero-order valence-electron chi connectivity index (χ0n) is 16.3. The van der Waals surface area contributed by atoms with E-state index in [0.717, 1.165) is 5.56 Å². The molecule has 9 heteroatoms. The van der Waals surface area contributed by atoms with Gasteiger partial charge >= 0.3 is 6.09 Å². The molecular weight excluding hydrogens is 366 g/mol. The first-order valence-corrected chi connectivity index (χ1v) is 9.23. The van der Waals surface area contributed by atoms with Gasteiger partial charge in [0, 0.05) is 38.2 Å². The Morgan fingerprint density at radius 2 is 1.86 bits per heavy atom. The summed E-state index contributed by atoms with van der Waals surface area (Å²) in [4.78, 5) is 33.3. The van der Waals surface area contributed by atoms with Gasteiger partial charge in [-0.15, -0.1) is 0 Å². The van der Waals surface area contributed by atoms with Crippen molar-refractivity contribution in [3.63, 3.8) is 0 Å². The lowest BCUT2D eigenvalue weighted by atomic mass is 10.0. The van der Waals surface area contributed by atoms with Crippen molar-refractivity contribution in [2.24, 2.45) is 5.16 Å². The van der Waals surface area contributed by atoms with Crippen molar-refractivity contribution in [3.05, 3.63) is 23.8 Å². The molecule has 9 nitrogen and oxygen atoms in total. The van der Waals surface area contributed by atoms with Crippen molar-refractivity contribution >= 4 is 17.7 Å². The molecule has 2 amide bonds. The molecule has 0 radical (unpaired) electrons. The molecule has 0 aromatic heterocycles. The van der Waals surface area contributed by atoms with E-state index in [2.05, 4.69) is 5.16 Å². The van der Waals surface area contributed by atoms with E-state index >= 15 is 0 Å². The van der Waals surface area contributed by atoms with Gasteiger partial charge in [-0.25, -0.2) is 4.79 Å². The van der Waals surface area contributed by atoms with Gasteiger partial charge in [0.15, 0.2) is 11.5 Å². The van der Waals surface area contributed by atoms with Crippen LogP contribution in [0.15, 0.2) is 23.4 Å². The standard InChI is InChI=1S/C19H25N3O6/c1-4-27-19(24)22-10-8-21(9-11-22)18(23)16-12-14(20-28-16)13-6-5-7-15(25-2)17(13)26-3/h5-7,16H,4,8-12H2,1-3H3/t16-/m1/s1. The number of hydrogen-bond acceptors (Lipinski definition) is 7. The monoisotopic (exact) mass is 391 g/mol. The molecule has 0 N–H and O–H groups in total. The van der Waals surface area contributed by atoms with E-state index in [1.807, 2.05) is 12.1 Å². The zero-order chi connectivity index (χ0) is 20.1. The van der Waals surface area contributed by atoms with Gasteiger partial charge in [-0.3, -0.25) is 4.79 Å². The molecule has 28 heavy (non-hydrogen) atoms. The highest BCUT2D eigenvalue weighted by molar-refractivity contribution is 6.06. The number of benzene rings is 1. The van der Waals surface area contributed by atoms with E-state index < -0.39 is 6.10 Å². The predicted octanol–water partition coefficient (Wildman–Crippen LogP) is 1.50. The summed E-state index contributed by atoms with van der Waals surface area (Å²) in [7, 11) is 3.13. The second kappa shape index (κ2) is 8.81. The third-order valence-corrected chi connectivity index (χ3v) is 4.78. The average Bonchev–Trinajstić information content (AvgIpc) is 3.22. The van der Waals surface area contributed by atoms with Crippen LogP contribution in [0, 0.1) is 0 Å². The van der Waals surface area contributed by atoms with Crippen molar-refractivity contribution in [1.82, 2.24) is 9.80 Å². The van der Waals surface area contributed by atoms with E-state index in [1.54, 1.807) is 37.0 Å². The van der Waals surface area contributed by atoms with Gasteiger partial charge in [-0.1, -0.05) is 11.2 Å². The fourth-order valence-electron chi connectivity index (χ4n) is 3.31. The summed E-state index contributed by atoms with van der Waals surface area (Å²) in [6, 6.07) is 5.49. The molecule has 152 valence electrons. The highest BCUT2D eigenvalue weighted by Gasteiger charge is 2.35. The number of methoxy groups -OCH3 is 2. The third-order valence-electron chi connectivity index (χ3n) is 4.78. The number of nitrogens with zero attached hydrogens (tertiary/aromatic N) is 3. The molecule has 0 saturated carbocycles. The molecule has 3 rings (SSSR count). The molecule has 2 aliphatic heterocycles. The molecule has 2 aliphatic rings. The lowest BCUT2D eigenvalue weighted by Crippen LogP contribution is -2.53. The van der Waals surface area contributed by atoms with E-state index in [4.69, 9.17) is 19.0 Å². The average molecular weight is 391 g/mol. The molecule has 1 aromatic carbocycles. The Bertz CT molecular complexity index is 758. The molecular formula is C19H25N3O6. The second-order valence-corrected chi connectivity index (χ2v) is 6.39. The number of hydrogen-bond donors (Lipinski definition) is 0. The minimum atomic E-state index is -0.681. The SMILES string of the molecule is CCOC(=O)N1CCN(C(=O)[C@H]2CC(c3cccc(OC)c3OC)=NO2)CC1. The second-order valence-electron chi connectivity index (χ2n) is 6.39. The molecule has 0 spiro atoms. The maximum Gasteiger partial charge on any atom is 0.409 e. The van der Waals surface area contributed by atoms with Crippen LogP contribution in [-0.4, -0.2) is 80.6 Å². The fourth-order valence-corrected chi connectivity index (χ4v) is 3.31. The van der Waals surface area contributed by atoms with Crippen LogP contribution in [0.25, 0.3) is 0 Å². The maximum atomic E-state index is 12.8. The van der Waals surface area contributed by atoms with Crippen molar-refractivity contribution in [1.29, 1.82) is 0 Å². The van der Waals surface area contributed by atoms with Crippen LogP contribution < -0.4 is 9.47 Å². The molecule has 1 aromatic rings. The van der Waals surface area contributed by atoms with E-state index in [0.29, 0.717) is 56.4 Å². The van der Waals surface area contributed by atoms with Crippen LogP contribution in [0.1, 0.15) is 18.9 Å². The number of carbonyl (C=O) groups excluding carboxylic acids is 2. The Balaban J connectivity index is 1.60. The lowest BCUT2D eigenvalue weighted by molar-refractivity contribution is -0.143. The number of rotatable bonds is 5. The van der Waals surface area contributed by atoms with Crippen molar-refractivity contribution < 1.29 is 28.6 Å². The Labute approximate surface area is 163 Å². The summed E-state index contributed by atoms with van der Waals surface area (Å²) in [5.41, 5.74) is 1.38. The van der Waals surface area contributed by atoms with Crippen LogP contribution >= 0.6 is 0 Å². The molecule has 1 atom stereocenters. The first kappa shape index (κ1) is 19.8. The summed E-state index contributed by atoms with van der Waals surface area (Å²) in [5, 5.41) is 4.10. The van der Waals surface area contributed by atoms with Crippen LogP contribution in [-0.2, 0) is 14.4 Å². The molecule has 1 saturated heterocycles.